The Morgan fingerprint density at radius 3 is 2.79 bits per heavy atom. The molecule has 1 saturated carbocycles. The molecule has 2 saturated heterocycles. The molecule has 178 valence electrons. The van der Waals surface area contributed by atoms with Crippen molar-refractivity contribution < 1.29 is 18.3 Å². The molecule has 5 heterocycles. The van der Waals surface area contributed by atoms with Crippen molar-refractivity contribution in [3.63, 3.8) is 0 Å². The fraction of sp³-hybridized carbons (Fsp3) is 0.478. The Kier molecular flexibility index (Phi) is 5.09. The largest absolute Gasteiger partial charge is 0.374 e. The zero-order valence-corrected chi connectivity index (χ0v) is 18.5. The third-order valence-corrected chi connectivity index (χ3v) is 7.05. The van der Waals surface area contributed by atoms with Crippen LogP contribution in [0.15, 0.2) is 36.8 Å². The van der Waals surface area contributed by atoms with Crippen LogP contribution in [0.3, 0.4) is 0 Å². The van der Waals surface area contributed by atoms with Crippen LogP contribution in [0, 0.1) is 0 Å². The predicted octanol–water partition coefficient (Wildman–Crippen LogP) is 3.76. The highest BCUT2D eigenvalue weighted by Crippen LogP contribution is 2.34. The van der Waals surface area contributed by atoms with E-state index < -0.39 is 18.0 Å². The van der Waals surface area contributed by atoms with Crippen LogP contribution in [0.1, 0.15) is 60.6 Å². The lowest BCUT2D eigenvalue weighted by Gasteiger charge is -2.27. The van der Waals surface area contributed by atoms with Crippen molar-refractivity contribution in [2.75, 3.05) is 23.4 Å². The highest BCUT2D eigenvalue weighted by Gasteiger charge is 2.39. The molecule has 3 aromatic heterocycles. The number of carbonyl (C=O) groups is 1. The lowest BCUT2D eigenvalue weighted by Crippen LogP contribution is -2.37. The maximum Gasteiger partial charge on any atom is 0.284 e. The highest BCUT2D eigenvalue weighted by molar-refractivity contribution is 6.08. The van der Waals surface area contributed by atoms with Gasteiger partial charge < -0.3 is 15.0 Å². The first-order chi connectivity index (χ1) is 16.5. The molecule has 9 nitrogen and oxygen atoms in total. The monoisotopic (exact) mass is 469 g/mol. The van der Waals surface area contributed by atoms with Gasteiger partial charge in [-0.15, -0.1) is 0 Å². The van der Waals surface area contributed by atoms with Gasteiger partial charge in [-0.2, -0.15) is 10.2 Å². The summed E-state index contributed by atoms with van der Waals surface area (Å²) in [5.74, 6) is 0.197. The average molecular weight is 469 g/mol. The van der Waals surface area contributed by atoms with E-state index >= 15 is 0 Å². The first-order valence-corrected chi connectivity index (χ1v) is 11.5. The molecule has 1 amide bonds. The van der Waals surface area contributed by atoms with Crippen LogP contribution in [-0.4, -0.2) is 55.6 Å². The Hall–Kier alpha value is -3.34. The molecular formula is C23H25F2N7O2. The Morgan fingerprint density at radius 2 is 2.09 bits per heavy atom. The van der Waals surface area contributed by atoms with Crippen LogP contribution < -0.4 is 10.2 Å². The molecule has 0 aromatic carbocycles. The van der Waals surface area contributed by atoms with Gasteiger partial charge in [-0.1, -0.05) is 12.2 Å². The molecule has 2 bridgehead atoms. The van der Waals surface area contributed by atoms with E-state index in [1.54, 1.807) is 10.9 Å². The van der Waals surface area contributed by atoms with E-state index in [1.807, 2.05) is 6.07 Å². The summed E-state index contributed by atoms with van der Waals surface area (Å²) >= 11 is 0. The molecule has 3 aromatic rings. The number of morpholine rings is 1. The van der Waals surface area contributed by atoms with Crippen LogP contribution >= 0.6 is 0 Å². The first-order valence-electron chi connectivity index (χ1n) is 11.5. The zero-order valence-electron chi connectivity index (χ0n) is 18.5. The average Bonchev–Trinajstić information content (AvgIpc) is 3.61. The van der Waals surface area contributed by atoms with E-state index in [4.69, 9.17) is 4.74 Å². The second-order valence-corrected chi connectivity index (χ2v) is 9.25. The van der Waals surface area contributed by atoms with E-state index in [0.29, 0.717) is 12.3 Å². The van der Waals surface area contributed by atoms with Crippen molar-refractivity contribution in [1.29, 1.82) is 0 Å². The number of aromatic nitrogens is 5. The number of carbonyl (C=O) groups excluding carboxylic acids is 1. The summed E-state index contributed by atoms with van der Waals surface area (Å²) in [4.78, 5) is 20.0. The minimum absolute atomic E-state index is 0.00825. The van der Waals surface area contributed by atoms with Crippen molar-refractivity contribution >= 4 is 23.1 Å². The Bertz CT molecular complexity index is 1260. The van der Waals surface area contributed by atoms with Crippen LogP contribution in [0.4, 0.5) is 20.3 Å². The van der Waals surface area contributed by atoms with Gasteiger partial charge in [0.15, 0.2) is 11.3 Å². The first kappa shape index (κ1) is 21.2. The normalized spacial score (nSPS) is 22.9. The van der Waals surface area contributed by atoms with Gasteiger partial charge in [-0.3, -0.25) is 9.48 Å². The lowest BCUT2D eigenvalue weighted by molar-refractivity contribution is 0.0988. The molecule has 0 spiro atoms. The molecular weight excluding hydrogens is 444 g/mol. The molecule has 0 radical (unpaired) electrons. The van der Waals surface area contributed by atoms with Crippen molar-refractivity contribution in [1.82, 2.24) is 24.4 Å². The third-order valence-electron chi connectivity index (χ3n) is 7.05. The number of halogens is 2. The van der Waals surface area contributed by atoms with E-state index in [9.17, 15) is 13.6 Å². The number of anilines is 2. The number of amides is 1. The molecule has 6 rings (SSSR count). The molecule has 11 heteroatoms. The number of nitrogens with zero attached hydrogens (tertiary/aromatic N) is 6. The van der Waals surface area contributed by atoms with Gasteiger partial charge in [0.05, 0.1) is 36.7 Å². The maximum absolute atomic E-state index is 13.7. The minimum Gasteiger partial charge on any atom is -0.374 e. The second kappa shape index (κ2) is 8.15. The smallest absolute Gasteiger partial charge is 0.284 e. The SMILES string of the molecule is C=C1CCC(n2cc(NC(=O)c3cnn4ccc(N5CC6CC5CO6)nc34)c(C(F)F)n2)CC1. The molecule has 3 aliphatic rings. The lowest BCUT2D eigenvalue weighted by atomic mass is 9.92. The standard InChI is InChI=1S/C23H25F2N7O2/c1-13-2-4-14(5-3-13)32-11-18(20(29-32)21(24)25)27-23(33)17-9-26-31-7-6-19(28-22(17)31)30-10-16-8-15(30)12-34-16/h6-7,9,11,14-16,21H,1-5,8,10,12H2,(H,27,33). The number of nitrogens with one attached hydrogen (secondary N) is 1. The van der Waals surface area contributed by atoms with Crippen LogP contribution in [0.5, 0.6) is 0 Å². The second-order valence-electron chi connectivity index (χ2n) is 9.25. The fourth-order valence-corrected chi connectivity index (χ4v) is 5.17. The quantitative estimate of drug-likeness (QED) is 0.573. The van der Waals surface area contributed by atoms with E-state index in [2.05, 4.69) is 32.0 Å². The topological polar surface area (TPSA) is 89.6 Å². The van der Waals surface area contributed by atoms with Crippen LogP contribution in [-0.2, 0) is 4.74 Å². The molecule has 1 aliphatic carbocycles. The number of allylic oxidation sites excluding steroid dienone is 1. The van der Waals surface area contributed by atoms with Gasteiger partial charge in [0.25, 0.3) is 12.3 Å². The number of fused-ring (bicyclic) bond motifs is 3. The Morgan fingerprint density at radius 1 is 1.26 bits per heavy atom. The van der Waals surface area contributed by atoms with Gasteiger partial charge in [0.2, 0.25) is 0 Å². The highest BCUT2D eigenvalue weighted by atomic mass is 19.3. The maximum atomic E-state index is 13.7. The number of alkyl halides is 2. The van der Waals surface area contributed by atoms with E-state index in [1.165, 1.54) is 22.5 Å². The molecule has 3 fully saturated rings. The summed E-state index contributed by atoms with van der Waals surface area (Å²) < 4.78 is 36.2. The molecule has 2 aliphatic heterocycles. The summed E-state index contributed by atoms with van der Waals surface area (Å²) in [6.07, 6.45) is 6.30. The van der Waals surface area contributed by atoms with Crippen LogP contribution in [0.2, 0.25) is 0 Å². The zero-order chi connectivity index (χ0) is 23.4. The van der Waals surface area contributed by atoms with Gasteiger partial charge in [-0.05, 0) is 38.2 Å². The van der Waals surface area contributed by atoms with E-state index in [-0.39, 0.29) is 29.4 Å². The predicted molar refractivity (Wildman–Crippen MR) is 120 cm³/mol. The summed E-state index contributed by atoms with van der Waals surface area (Å²) in [5.41, 5.74) is 1.32. The summed E-state index contributed by atoms with van der Waals surface area (Å²) in [6, 6.07) is 2.14. The Balaban J connectivity index is 1.26. The number of rotatable bonds is 5. The number of ether oxygens (including phenoxy) is 1. The third kappa shape index (κ3) is 3.64. The summed E-state index contributed by atoms with van der Waals surface area (Å²) in [5, 5.41) is 10.9. The molecule has 1 N–H and O–H groups in total. The molecule has 2 atom stereocenters. The van der Waals surface area contributed by atoms with Crippen molar-refractivity contribution in [2.24, 2.45) is 0 Å². The fourth-order valence-electron chi connectivity index (χ4n) is 5.17. The molecule has 2 unspecified atom stereocenters. The van der Waals surface area contributed by atoms with Crippen molar-refractivity contribution in [2.45, 2.75) is 56.7 Å². The van der Waals surface area contributed by atoms with E-state index in [0.717, 1.165) is 44.5 Å². The number of hydrogen-bond donors (Lipinski definition) is 1. The molecule has 34 heavy (non-hydrogen) atoms. The van der Waals surface area contributed by atoms with Gasteiger partial charge in [0.1, 0.15) is 11.4 Å². The van der Waals surface area contributed by atoms with Crippen molar-refractivity contribution in [3.8, 4) is 0 Å². The van der Waals surface area contributed by atoms with Crippen LogP contribution in [0.25, 0.3) is 5.65 Å². The summed E-state index contributed by atoms with van der Waals surface area (Å²) in [6.45, 7) is 5.42. The number of hydrogen-bond acceptors (Lipinski definition) is 6. The minimum atomic E-state index is -2.81. The Labute approximate surface area is 194 Å². The van der Waals surface area contributed by atoms with Gasteiger partial charge in [-0.25, -0.2) is 18.3 Å². The van der Waals surface area contributed by atoms with Gasteiger partial charge >= 0.3 is 0 Å². The van der Waals surface area contributed by atoms with Crippen molar-refractivity contribution in [3.05, 3.63) is 48.1 Å². The van der Waals surface area contributed by atoms with Gasteiger partial charge in [0, 0.05) is 18.9 Å². The summed E-state index contributed by atoms with van der Waals surface area (Å²) in [7, 11) is 0.